The lowest BCUT2D eigenvalue weighted by Gasteiger charge is -2.26. The molecule has 0 saturated heterocycles. The first-order chi connectivity index (χ1) is 14.5. The smallest absolute Gasteiger partial charge is 0.277 e. The highest BCUT2D eigenvalue weighted by Gasteiger charge is 2.43. The molecule has 1 aromatic heterocycles. The second-order valence-electron chi connectivity index (χ2n) is 7.33. The van der Waals surface area contributed by atoms with Crippen LogP contribution in [-0.4, -0.2) is 16.1 Å². The van der Waals surface area contributed by atoms with Gasteiger partial charge in [0.2, 0.25) is 0 Å². The Morgan fingerprint density at radius 2 is 1.47 bits per heavy atom. The molecule has 0 aliphatic carbocycles. The molecule has 1 aliphatic rings. The number of H-pyrrole nitrogens is 1. The van der Waals surface area contributed by atoms with Crippen LogP contribution in [0.2, 0.25) is 10.0 Å². The number of aryl methyl sites for hydroxylation is 1. The van der Waals surface area contributed by atoms with E-state index in [1.165, 1.54) is 0 Å². The third-order valence-corrected chi connectivity index (χ3v) is 5.89. The molecule has 0 unspecified atom stereocenters. The van der Waals surface area contributed by atoms with Gasteiger partial charge in [0.25, 0.3) is 5.91 Å². The standard InChI is InChI=1S/C24H17Cl2N3O/c1-14-2-12-19(13-3-14)29-23(16-6-10-18(26)11-7-16)20-21(27-28-22(20)24(29)30)15-4-8-17(25)9-5-15/h2-13,23H,1H3,(H,27,28)/t23-/m0/s1. The zero-order valence-electron chi connectivity index (χ0n) is 16.1. The number of carbonyl (C=O) groups is 1. The maximum Gasteiger partial charge on any atom is 0.277 e. The van der Waals surface area contributed by atoms with Crippen LogP contribution in [0.5, 0.6) is 0 Å². The molecule has 4 nitrogen and oxygen atoms in total. The van der Waals surface area contributed by atoms with E-state index in [2.05, 4.69) is 10.2 Å². The van der Waals surface area contributed by atoms with Crippen LogP contribution in [0.3, 0.4) is 0 Å². The van der Waals surface area contributed by atoms with Crippen LogP contribution in [0.15, 0.2) is 72.8 Å². The number of carbonyl (C=O) groups excluding carboxylic acids is 1. The second-order valence-corrected chi connectivity index (χ2v) is 8.21. The second kappa shape index (κ2) is 7.31. The Balaban J connectivity index is 1.71. The first-order valence-corrected chi connectivity index (χ1v) is 10.3. The van der Waals surface area contributed by atoms with Crippen LogP contribution in [0, 0.1) is 6.92 Å². The number of nitrogens with one attached hydrogen (secondary N) is 1. The third-order valence-electron chi connectivity index (χ3n) is 5.38. The lowest BCUT2D eigenvalue weighted by atomic mass is 9.96. The quantitative estimate of drug-likeness (QED) is 0.403. The molecule has 1 aliphatic heterocycles. The van der Waals surface area contributed by atoms with Gasteiger partial charge in [-0.1, -0.05) is 65.2 Å². The van der Waals surface area contributed by atoms with Crippen molar-refractivity contribution in [3.63, 3.8) is 0 Å². The molecule has 6 heteroatoms. The van der Waals surface area contributed by atoms with E-state index in [9.17, 15) is 4.79 Å². The molecule has 30 heavy (non-hydrogen) atoms. The fourth-order valence-corrected chi connectivity index (χ4v) is 4.16. The van der Waals surface area contributed by atoms with Crippen molar-refractivity contribution < 1.29 is 4.79 Å². The molecule has 148 valence electrons. The monoisotopic (exact) mass is 433 g/mol. The Morgan fingerprint density at radius 1 is 0.867 bits per heavy atom. The maximum absolute atomic E-state index is 13.4. The van der Waals surface area contributed by atoms with Crippen molar-refractivity contribution in [1.29, 1.82) is 0 Å². The number of anilines is 1. The summed E-state index contributed by atoms with van der Waals surface area (Å²) < 4.78 is 0. The van der Waals surface area contributed by atoms with Crippen LogP contribution in [-0.2, 0) is 0 Å². The molecule has 1 amide bonds. The van der Waals surface area contributed by atoms with Gasteiger partial charge in [-0.2, -0.15) is 5.10 Å². The summed E-state index contributed by atoms with van der Waals surface area (Å²) >= 11 is 12.2. The van der Waals surface area contributed by atoms with Crippen molar-refractivity contribution in [2.24, 2.45) is 0 Å². The normalized spacial score (nSPS) is 15.5. The third kappa shape index (κ3) is 3.09. The van der Waals surface area contributed by atoms with Crippen molar-refractivity contribution in [1.82, 2.24) is 10.2 Å². The lowest BCUT2D eigenvalue weighted by molar-refractivity contribution is 0.0989. The van der Waals surface area contributed by atoms with Crippen LogP contribution >= 0.6 is 23.2 Å². The molecule has 0 spiro atoms. The van der Waals surface area contributed by atoms with E-state index in [0.29, 0.717) is 15.7 Å². The summed E-state index contributed by atoms with van der Waals surface area (Å²) in [6.45, 7) is 2.03. The number of amides is 1. The number of rotatable bonds is 3. The first-order valence-electron chi connectivity index (χ1n) is 9.53. The van der Waals surface area contributed by atoms with E-state index < -0.39 is 0 Å². The summed E-state index contributed by atoms with van der Waals surface area (Å²) in [5, 5.41) is 8.75. The molecular formula is C24H17Cl2N3O. The number of hydrogen-bond donors (Lipinski definition) is 1. The predicted octanol–water partition coefficient (Wildman–Crippen LogP) is 6.44. The Bertz CT molecular complexity index is 1230. The first kappa shape index (κ1) is 18.9. The fraction of sp³-hybridized carbons (Fsp3) is 0.0833. The average Bonchev–Trinajstić information content (AvgIpc) is 3.29. The SMILES string of the molecule is Cc1ccc(N2C(=O)c3[nH]nc(-c4ccc(Cl)cc4)c3[C@@H]2c2ccc(Cl)cc2)cc1. The molecule has 4 aromatic rings. The Labute approximate surface area is 184 Å². The minimum absolute atomic E-state index is 0.110. The molecular weight excluding hydrogens is 417 g/mol. The van der Waals surface area contributed by atoms with Crippen LogP contribution < -0.4 is 4.90 Å². The predicted molar refractivity (Wildman–Crippen MR) is 120 cm³/mol. The topological polar surface area (TPSA) is 49.0 Å². The number of aromatic nitrogens is 2. The molecule has 5 rings (SSSR count). The minimum atomic E-state index is -0.322. The summed E-state index contributed by atoms with van der Waals surface area (Å²) in [6, 6.07) is 22.7. The fourth-order valence-electron chi connectivity index (χ4n) is 3.91. The van der Waals surface area contributed by atoms with Gasteiger partial charge >= 0.3 is 0 Å². The molecule has 1 atom stereocenters. The summed E-state index contributed by atoms with van der Waals surface area (Å²) in [4.78, 5) is 15.2. The number of fused-ring (bicyclic) bond motifs is 1. The van der Waals surface area contributed by atoms with Gasteiger partial charge in [-0.15, -0.1) is 0 Å². The van der Waals surface area contributed by atoms with Gasteiger partial charge in [0, 0.05) is 26.9 Å². The van der Waals surface area contributed by atoms with Gasteiger partial charge in [-0.05, 0) is 48.9 Å². The summed E-state index contributed by atoms with van der Waals surface area (Å²) in [5.74, 6) is -0.110. The van der Waals surface area contributed by atoms with E-state index in [-0.39, 0.29) is 11.9 Å². The van der Waals surface area contributed by atoms with Crippen molar-refractivity contribution in [3.8, 4) is 11.3 Å². The zero-order valence-corrected chi connectivity index (χ0v) is 17.6. The summed E-state index contributed by atoms with van der Waals surface area (Å²) in [6.07, 6.45) is 0. The Morgan fingerprint density at radius 3 is 2.10 bits per heavy atom. The molecule has 1 N–H and O–H groups in total. The van der Waals surface area contributed by atoms with E-state index in [0.717, 1.165) is 33.6 Å². The summed E-state index contributed by atoms with van der Waals surface area (Å²) in [7, 11) is 0. The molecule has 0 bridgehead atoms. The largest absolute Gasteiger partial charge is 0.295 e. The highest BCUT2D eigenvalue weighted by atomic mass is 35.5. The number of benzene rings is 3. The van der Waals surface area contributed by atoms with Gasteiger partial charge in [0.1, 0.15) is 5.69 Å². The van der Waals surface area contributed by atoms with Crippen LogP contribution in [0.25, 0.3) is 11.3 Å². The zero-order chi connectivity index (χ0) is 20.8. The summed E-state index contributed by atoms with van der Waals surface area (Å²) in [5.41, 5.74) is 5.92. The van der Waals surface area contributed by atoms with Gasteiger partial charge in [-0.3, -0.25) is 14.8 Å². The van der Waals surface area contributed by atoms with E-state index >= 15 is 0 Å². The molecule has 0 fully saturated rings. The van der Waals surface area contributed by atoms with Crippen molar-refractivity contribution in [2.45, 2.75) is 13.0 Å². The Hall–Kier alpha value is -3.08. The van der Waals surface area contributed by atoms with Crippen molar-refractivity contribution in [3.05, 3.63) is 105 Å². The van der Waals surface area contributed by atoms with Gasteiger partial charge in [-0.25, -0.2) is 0 Å². The highest BCUT2D eigenvalue weighted by molar-refractivity contribution is 6.30. The van der Waals surface area contributed by atoms with Crippen LogP contribution in [0.1, 0.15) is 33.2 Å². The maximum atomic E-state index is 13.4. The minimum Gasteiger partial charge on any atom is -0.295 e. The molecule has 0 radical (unpaired) electrons. The van der Waals surface area contributed by atoms with E-state index in [1.54, 1.807) is 0 Å². The lowest BCUT2D eigenvalue weighted by Crippen LogP contribution is -2.29. The van der Waals surface area contributed by atoms with Crippen LogP contribution in [0.4, 0.5) is 5.69 Å². The van der Waals surface area contributed by atoms with Crippen molar-refractivity contribution >= 4 is 34.8 Å². The molecule has 0 saturated carbocycles. The number of hydrogen-bond acceptors (Lipinski definition) is 2. The van der Waals surface area contributed by atoms with Gasteiger partial charge < -0.3 is 0 Å². The average molecular weight is 434 g/mol. The van der Waals surface area contributed by atoms with Gasteiger partial charge in [0.05, 0.1) is 11.7 Å². The van der Waals surface area contributed by atoms with E-state index in [4.69, 9.17) is 23.2 Å². The number of aromatic amines is 1. The Kier molecular flexibility index (Phi) is 4.61. The van der Waals surface area contributed by atoms with E-state index in [1.807, 2.05) is 84.6 Å². The van der Waals surface area contributed by atoms with Gasteiger partial charge in [0.15, 0.2) is 0 Å². The molecule has 2 heterocycles. The number of nitrogens with zero attached hydrogens (tertiary/aromatic N) is 2. The number of halogens is 2. The highest BCUT2D eigenvalue weighted by Crippen LogP contribution is 2.45. The van der Waals surface area contributed by atoms with Crippen molar-refractivity contribution in [2.75, 3.05) is 4.90 Å². The molecule has 3 aromatic carbocycles.